The van der Waals surface area contributed by atoms with Gasteiger partial charge in [0, 0.05) is 4.90 Å². The average Bonchev–Trinajstić information content (AvgIpc) is 2.86. The van der Waals surface area contributed by atoms with E-state index in [9.17, 15) is 9.90 Å². The predicted molar refractivity (Wildman–Crippen MR) is 127 cm³/mol. The number of hydrogen-bond acceptors (Lipinski definition) is 5. The van der Waals surface area contributed by atoms with E-state index in [1.54, 1.807) is 16.7 Å². The molecule has 8 heteroatoms. The van der Waals surface area contributed by atoms with Gasteiger partial charge in [-0.05, 0) is 93.4 Å². The van der Waals surface area contributed by atoms with Crippen LogP contribution in [-0.4, -0.2) is 21.6 Å². The number of nitrogens with zero attached hydrogens (tertiary/aromatic N) is 1. The van der Waals surface area contributed by atoms with Crippen LogP contribution in [0.2, 0.25) is 0 Å². The second kappa shape index (κ2) is 8.15. The highest BCUT2D eigenvalue weighted by molar-refractivity contribution is 14.1. The fourth-order valence-electron chi connectivity index (χ4n) is 2.26. The minimum Gasteiger partial charge on any atom is -0.506 e. The zero-order valence-electron chi connectivity index (χ0n) is 12.8. The number of benzene rings is 2. The van der Waals surface area contributed by atoms with E-state index < -0.39 is 0 Å². The SMILES string of the molecule is CSc1cccc(N2C(=O)/C(=C\c3cc(I)c(O)c(I)c3)SC2=S)c1. The molecule has 0 unspecified atom stereocenters. The summed E-state index contributed by atoms with van der Waals surface area (Å²) >= 11 is 12.5. The molecule has 128 valence electrons. The fraction of sp³-hybridized carbons (Fsp3) is 0.0588. The van der Waals surface area contributed by atoms with Gasteiger partial charge in [0.1, 0.15) is 5.75 Å². The third-order valence-electron chi connectivity index (χ3n) is 3.44. The Bertz CT molecular complexity index is 892. The Morgan fingerprint density at radius 3 is 2.56 bits per heavy atom. The van der Waals surface area contributed by atoms with Crippen molar-refractivity contribution in [3.8, 4) is 5.75 Å². The van der Waals surface area contributed by atoms with Crippen LogP contribution in [0.25, 0.3) is 6.08 Å². The molecule has 3 rings (SSSR count). The summed E-state index contributed by atoms with van der Waals surface area (Å²) in [5, 5.41) is 9.89. The number of thiocarbonyl (C=S) groups is 1. The molecule has 1 fully saturated rings. The minimum absolute atomic E-state index is 0.119. The van der Waals surface area contributed by atoms with E-state index in [0.717, 1.165) is 23.3 Å². The van der Waals surface area contributed by atoms with Crippen molar-refractivity contribution >= 4 is 103 Å². The molecule has 0 spiro atoms. The van der Waals surface area contributed by atoms with Crippen LogP contribution in [0.4, 0.5) is 5.69 Å². The predicted octanol–water partition coefficient (Wildman–Crippen LogP) is 5.73. The molecular formula is C17H11I2NO2S3. The Morgan fingerprint density at radius 2 is 1.92 bits per heavy atom. The zero-order chi connectivity index (χ0) is 18.1. The molecule has 0 radical (unpaired) electrons. The molecule has 1 N–H and O–H groups in total. The molecule has 1 amide bonds. The number of phenolic OH excluding ortho intramolecular Hbond substituents is 1. The highest BCUT2D eigenvalue weighted by Gasteiger charge is 2.33. The summed E-state index contributed by atoms with van der Waals surface area (Å²) < 4.78 is 2.02. The minimum atomic E-state index is -0.119. The van der Waals surface area contributed by atoms with E-state index >= 15 is 0 Å². The first-order valence-corrected chi connectivity index (χ1v) is 11.6. The van der Waals surface area contributed by atoms with Gasteiger partial charge in [0.2, 0.25) is 0 Å². The zero-order valence-corrected chi connectivity index (χ0v) is 19.6. The van der Waals surface area contributed by atoms with Crippen LogP contribution in [0.1, 0.15) is 5.56 Å². The monoisotopic (exact) mass is 611 g/mol. The van der Waals surface area contributed by atoms with Crippen molar-refractivity contribution in [1.29, 1.82) is 0 Å². The molecular weight excluding hydrogens is 600 g/mol. The molecule has 1 aliphatic rings. The Labute approximate surface area is 186 Å². The Balaban J connectivity index is 1.96. The van der Waals surface area contributed by atoms with Gasteiger partial charge in [0.25, 0.3) is 5.91 Å². The fourth-order valence-corrected chi connectivity index (χ4v) is 5.83. The van der Waals surface area contributed by atoms with Gasteiger partial charge in [-0.1, -0.05) is 30.0 Å². The Hall–Kier alpha value is -0.300. The maximum Gasteiger partial charge on any atom is 0.270 e. The standard InChI is InChI=1S/C17H11I2NO2S3/c1-24-11-4-2-3-10(8-11)20-16(22)14(25-17(20)23)7-9-5-12(18)15(21)13(19)6-9/h2-8,21H,1H3/b14-7+. The Morgan fingerprint density at radius 1 is 1.24 bits per heavy atom. The maximum atomic E-state index is 12.8. The van der Waals surface area contributed by atoms with Crippen LogP contribution in [0.15, 0.2) is 46.2 Å². The molecule has 0 aromatic heterocycles. The smallest absolute Gasteiger partial charge is 0.270 e. The second-order valence-electron chi connectivity index (χ2n) is 5.05. The second-order valence-corrected chi connectivity index (χ2v) is 9.93. The van der Waals surface area contributed by atoms with Gasteiger partial charge in [-0.15, -0.1) is 11.8 Å². The molecule has 2 aromatic rings. The van der Waals surface area contributed by atoms with Crippen molar-refractivity contribution in [2.24, 2.45) is 0 Å². The van der Waals surface area contributed by atoms with Crippen LogP contribution in [0, 0.1) is 7.14 Å². The van der Waals surface area contributed by atoms with Crippen LogP contribution < -0.4 is 4.90 Å². The highest BCUT2D eigenvalue weighted by atomic mass is 127. The van der Waals surface area contributed by atoms with Crippen LogP contribution >= 0.6 is 80.9 Å². The molecule has 1 heterocycles. The van der Waals surface area contributed by atoms with Crippen molar-refractivity contribution in [1.82, 2.24) is 0 Å². The van der Waals surface area contributed by atoms with Crippen molar-refractivity contribution in [2.75, 3.05) is 11.2 Å². The largest absolute Gasteiger partial charge is 0.506 e. The highest BCUT2D eigenvalue weighted by Crippen LogP contribution is 2.37. The lowest BCUT2D eigenvalue weighted by atomic mass is 10.2. The number of halogens is 2. The van der Waals surface area contributed by atoms with Gasteiger partial charge in [0.05, 0.1) is 17.7 Å². The lowest BCUT2D eigenvalue weighted by molar-refractivity contribution is -0.113. The van der Waals surface area contributed by atoms with Gasteiger partial charge in [-0.25, -0.2) is 0 Å². The molecule has 3 nitrogen and oxygen atoms in total. The van der Waals surface area contributed by atoms with E-state index in [1.165, 1.54) is 11.8 Å². The van der Waals surface area contributed by atoms with Crippen molar-refractivity contribution in [3.05, 3.63) is 54.0 Å². The van der Waals surface area contributed by atoms with E-state index in [1.807, 2.05) is 48.7 Å². The van der Waals surface area contributed by atoms with E-state index in [0.29, 0.717) is 9.23 Å². The van der Waals surface area contributed by atoms with E-state index in [4.69, 9.17) is 12.2 Å². The third kappa shape index (κ3) is 4.18. The summed E-state index contributed by atoms with van der Waals surface area (Å²) in [6.45, 7) is 0. The third-order valence-corrected chi connectivity index (χ3v) is 7.11. The van der Waals surface area contributed by atoms with Crippen molar-refractivity contribution < 1.29 is 9.90 Å². The number of hydrogen-bond donors (Lipinski definition) is 1. The lowest BCUT2D eigenvalue weighted by Crippen LogP contribution is -2.27. The summed E-state index contributed by atoms with van der Waals surface area (Å²) in [7, 11) is 0. The number of anilines is 1. The molecule has 2 aromatic carbocycles. The molecule has 1 saturated heterocycles. The van der Waals surface area contributed by atoms with Gasteiger partial charge in [-0.3, -0.25) is 9.69 Å². The van der Waals surface area contributed by atoms with E-state index in [-0.39, 0.29) is 11.7 Å². The first kappa shape index (κ1) is 19.5. The quantitative estimate of drug-likeness (QED) is 0.208. The van der Waals surface area contributed by atoms with E-state index in [2.05, 4.69) is 45.2 Å². The molecule has 0 atom stereocenters. The molecule has 1 aliphatic heterocycles. The lowest BCUT2D eigenvalue weighted by Gasteiger charge is -2.15. The van der Waals surface area contributed by atoms with Crippen molar-refractivity contribution in [2.45, 2.75) is 4.90 Å². The summed E-state index contributed by atoms with van der Waals surface area (Å²) in [6, 6.07) is 11.5. The topological polar surface area (TPSA) is 40.5 Å². The summed E-state index contributed by atoms with van der Waals surface area (Å²) in [6.07, 6.45) is 3.82. The van der Waals surface area contributed by atoms with Gasteiger partial charge >= 0.3 is 0 Å². The first-order chi connectivity index (χ1) is 11.9. The van der Waals surface area contributed by atoms with Crippen molar-refractivity contribution in [3.63, 3.8) is 0 Å². The summed E-state index contributed by atoms with van der Waals surface area (Å²) in [5.41, 5.74) is 1.65. The first-order valence-electron chi connectivity index (χ1n) is 7.00. The number of carbonyl (C=O) groups is 1. The number of phenols is 1. The maximum absolute atomic E-state index is 12.8. The molecule has 0 saturated carbocycles. The normalized spacial score (nSPS) is 16.1. The number of thioether (sulfide) groups is 2. The number of amides is 1. The van der Waals surface area contributed by atoms with Crippen LogP contribution in [-0.2, 0) is 4.79 Å². The molecule has 0 aliphatic carbocycles. The van der Waals surface area contributed by atoms with Gasteiger partial charge in [0.15, 0.2) is 4.32 Å². The Kier molecular flexibility index (Phi) is 6.35. The van der Waals surface area contributed by atoms with Gasteiger partial charge < -0.3 is 5.11 Å². The molecule has 0 bridgehead atoms. The number of rotatable bonds is 3. The van der Waals surface area contributed by atoms with Crippen LogP contribution in [0.3, 0.4) is 0 Å². The number of carbonyl (C=O) groups excluding carboxylic acids is 1. The summed E-state index contributed by atoms with van der Waals surface area (Å²) in [4.78, 5) is 16.1. The number of aromatic hydroxyl groups is 1. The summed E-state index contributed by atoms with van der Waals surface area (Å²) in [5.74, 6) is 0.145. The van der Waals surface area contributed by atoms with Crippen LogP contribution in [0.5, 0.6) is 5.75 Å². The average molecular weight is 611 g/mol. The molecule has 25 heavy (non-hydrogen) atoms. The van der Waals surface area contributed by atoms with Gasteiger partial charge in [-0.2, -0.15) is 0 Å².